The molecule has 3 rings (SSSR count). The first-order valence-electron chi connectivity index (χ1n) is 9.40. The second kappa shape index (κ2) is 9.54. The number of ether oxygens (including phenoxy) is 1. The minimum Gasteiger partial charge on any atom is -0.497 e. The van der Waals surface area contributed by atoms with Crippen LogP contribution in [0.3, 0.4) is 0 Å². The monoisotopic (exact) mass is 407 g/mol. The Morgan fingerprint density at radius 3 is 2.17 bits per heavy atom. The van der Waals surface area contributed by atoms with Crippen LogP contribution in [0.5, 0.6) is 5.75 Å². The third kappa shape index (κ3) is 5.56. The summed E-state index contributed by atoms with van der Waals surface area (Å²) in [6, 6.07) is 24.2. The van der Waals surface area contributed by atoms with Crippen molar-refractivity contribution >= 4 is 16.1 Å². The zero-order valence-electron chi connectivity index (χ0n) is 16.7. The molecule has 0 heterocycles. The molecule has 150 valence electrons. The molecular formula is C24H25NO3S. The van der Waals surface area contributed by atoms with Crippen LogP contribution in [0.15, 0.2) is 89.8 Å². The van der Waals surface area contributed by atoms with Crippen LogP contribution < -0.4 is 4.74 Å². The number of benzene rings is 3. The normalized spacial score (nSPS) is 11.8. The van der Waals surface area contributed by atoms with E-state index in [1.165, 1.54) is 4.31 Å². The summed E-state index contributed by atoms with van der Waals surface area (Å²) in [6.45, 7) is 2.49. The van der Waals surface area contributed by atoms with E-state index in [0.29, 0.717) is 4.90 Å². The second-order valence-corrected chi connectivity index (χ2v) is 8.71. The van der Waals surface area contributed by atoms with Gasteiger partial charge in [-0.3, -0.25) is 0 Å². The second-order valence-electron chi connectivity index (χ2n) is 6.77. The van der Waals surface area contributed by atoms with Gasteiger partial charge in [-0.2, -0.15) is 4.31 Å². The molecule has 3 aromatic carbocycles. The summed E-state index contributed by atoms with van der Waals surface area (Å²) in [5.41, 5.74) is 2.95. The first-order chi connectivity index (χ1) is 14.0. The molecule has 0 spiro atoms. The third-order valence-corrected chi connectivity index (χ3v) is 6.42. The Bertz CT molecular complexity index is 1040. The summed E-state index contributed by atoms with van der Waals surface area (Å²) in [5, 5.41) is 0. The van der Waals surface area contributed by atoms with Crippen LogP contribution in [-0.2, 0) is 16.6 Å². The quantitative estimate of drug-likeness (QED) is 0.533. The highest BCUT2D eigenvalue weighted by Gasteiger charge is 2.23. The van der Waals surface area contributed by atoms with Gasteiger partial charge in [0.15, 0.2) is 0 Å². The average Bonchev–Trinajstić information content (AvgIpc) is 2.74. The van der Waals surface area contributed by atoms with Crippen LogP contribution in [0.1, 0.15) is 16.7 Å². The standard InChI is InChI=1S/C24H25NO3S/c1-20-10-16-24(17-11-20)29(26,27)25(18-6-9-21-7-4-3-5-8-21)19-22-12-14-23(28-2)15-13-22/h3-17H,18-19H2,1-2H3/b9-6+. The van der Waals surface area contributed by atoms with Crippen molar-refractivity contribution in [2.75, 3.05) is 13.7 Å². The van der Waals surface area contributed by atoms with Gasteiger partial charge < -0.3 is 4.74 Å². The smallest absolute Gasteiger partial charge is 0.243 e. The van der Waals surface area contributed by atoms with Crippen molar-refractivity contribution in [3.8, 4) is 5.75 Å². The number of sulfonamides is 1. The molecule has 0 saturated heterocycles. The maximum atomic E-state index is 13.3. The van der Waals surface area contributed by atoms with Gasteiger partial charge >= 0.3 is 0 Å². The highest BCUT2D eigenvalue weighted by atomic mass is 32.2. The maximum Gasteiger partial charge on any atom is 0.243 e. The van der Waals surface area contributed by atoms with E-state index in [9.17, 15) is 8.42 Å². The Morgan fingerprint density at radius 2 is 1.55 bits per heavy atom. The highest BCUT2D eigenvalue weighted by molar-refractivity contribution is 7.89. The molecule has 0 aromatic heterocycles. The van der Waals surface area contributed by atoms with E-state index in [2.05, 4.69) is 0 Å². The zero-order valence-corrected chi connectivity index (χ0v) is 17.5. The van der Waals surface area contributed by atoms with Crippen LogP contribution >= 0.6 is 0 Å². The molecule has 0 bridgehead atoms. The first-order valence-corrected chi connectivity index (χ1v) is 10.8. The van der Waals surface area contributed by atoms with Crippen molar-refractivity contribution in [3.63, 3.8) is 0 Å². The summed E-state index contributed by atoms with van der Waals surface area (Å²) in [5.74, 6) is 0.741. The Hall–Kier alpha value is -2.89. The highest BCUT2D eigenvalue weighted by Crippen LogP contribution is 2.20. The largest absolute Gasteiger partial charge is 0.497 e. The van der Waals surface area contributed by atoms with Gasteiger partial charge in [-0.05, 0) is 42.3 Å². The zero-order chi connectivity index (χ0) is 20.7. The van der Waals surface area contributed by atoms with E-state index >= 15 is 0 Å². The van der Waals surface area contributed by atoms with Gasteiger partial charge in [-0.25, -0.2) is 8.42 Å². The van der Waals surface area contributed by atoms with Crippen molar-refractivity contribution in [1.82, 2.24) is 4.31 Å². The molecule has 0 radical (unpaired) electrons. The number of hydrogen-bond acceptors (Lipinski definition) is 3. The van der Waals surface area contributed by atoms with Crippen LogP contribution in [0.25, 0.3) is 6.08 Å². The molecule has 0 aliphatic heterocycles. The molecule has 5 heteroatoms. The molecule has 0 atom stereocenters. The summed E-state index contributed by atoms with van der Waals surface area (Å²) >= 11 is 0. The van der Waals surface area contributed by atoms with Gasteiger partial charge in [0.05, 0.1) is 12.0 Å². The minimum absolute atomic E-state index is 0.275. The van der Waals surface area contributed by atoms with Crippen molar-refractivity contribution in [2.45, 2.75) is 18.4 Å². The predicted octanol–water partition coefficient (Wildman–Crippen LogP) is 4.91. The number of rotatable bonds is 8. The van der Waals surface area contributed by atoms with Crippen molar-refractivity contribution < 1.29 is 13.2 Å². The van der Waals surface area contributed by atoms with Crippen molar-refractivity contribution in [1.29, 1.82) is 0 Å². The fourth-order valence-electron chi connectivity index (χ4n) is 2.91. The van der Waals surface area contributed by atoms with E-state index in [1.807, 2.05) is 85.8 Å². The lowest BCUT2D eigenvalue weighted by atomic mass is 10.2. The molecule has 0 unspecified atom stereocenters. The van der Waals surface area contributed by atoms with Crippen molar-refractivity contribution in [3.05, 3.63) is 102 Å². The van der Waals surface area contributed by atoms with Gasteiger partial charge in [-0.1, -0.05) is 72.3 Å². The molecule has 0 aliphatic carbocycles. The molecule has 4 nitrogen and oxygen atoms in total. The Kier molecular flexibility index (Phi) is 6.86. The van der Waals surface area contributed by atoms with Gasteiger partial charge in [0.1, 0.15) is 5.75 Å². The molecule has 0 saturated carbocycles. The molecule has 0 amide bonds. The van der Waals surface area contributed by atoms with Crippen LogP contribution in [-0.4, -0.2) is 26.4 Å². The molecule has 3 aromatic rings. The molecule has 0 fully saturated rings. The van der Waals surface area contributed by atoms with Crippen LogP contribution in [0.4, 0.5) is 0 Å². The Morgan fingerprint density at radius 1 is 0.897 bits per heavy atom. The van der Waals surface area contributed by atoms with Crippen LogP contribution in [0, 0.1) is 6.92 Å². The Balaban J connectivity index is 1.87. The molecular weight excluding hydrogens is 382 g/mol. The number of aryl methyl sites for hydroxylation is 1. The van der Waals surface area contributed by atoms with Crippen molar-refractivity contribution in [2.24, 2.45) is 0 Å². The van der Waals surface area contributed by atoms with Gasteiger partial charge in [0.2, 0.25) is 10.0 Å². The first kappa shape index (κ1) is 20.8. The fraction of sp³-hybridized carbons (Fsp3) is 0.167. The van der Waals surface area contributed by atoms with Gasteiger partial charge in [0.25, 0.3) is 0 Å². The summed E-state index contributed by atoms with van der Waals surface area (Å²) in [4.78, 5) is 0.296. The van der Waals surface area contributed by atoms with E-state index in [0.717, 1.165) is 22.4 Å². The van der Waals surface area contributed by atoms with Crippen LogP contribution in [0.2, 0.25) is 0 Å². The number of hydrogen-bond donors (Lipinski definition) is 0. The third-order valence-electron chi connectivity index (χ3n) is 4.60. The van der Waals surface area contributed by atoms with E-state index < -0.39 is 10.0 Å². The lowest BCUT2D eigenvalue weighted by molar-refractivity contribution is 0.413. The number of nitrogens with zero attached hydrogens (tertiary/aromatic N) is 1. The fourth-order valence-corrected chi connectivity index (χ4v) is 4.29. The lowest BCUT2D eigenvalue weighted by Gasteiger charge is -2.21. The summed E-state index contributed by atoms with van der Waals surface area (Å²) < 4.78 is 33.2. The Labute approximate surface area is 173 Å². The predicted molar refractivity (Wildman–Crippen MR) is 117 cm³/mol. The molecule has 29 heavy (non-hydrogen) atoms. The summed E-state index contributed by atoms with van der Waals surface area (Å²) in [6.07, 6.45) is 3.82. The van der Waals surface area contributed by atoms with E-state index in [-0.39, 0.29) is 13.1 Å². The number of methoxy groups -OCH3 is 1. The lowest BCUT2D eigenvalue weighted by Crippen LogP contribution is -2.30. The van der Waals surface area contributed by atoms with E-state index in [1.54, 1.807) is 19.2 Å². The van der Waals surface area contributed by atoms with Gasteiger partial charge in [0, 0.05) is 13.1 Å². The van der Waals surface area contributed by atoms with Gasteiger partial charge in [-0.15, -0.1) is 0 Å². The SMILES string of the molecule is COc1ccc(CN(C/C=C/c2ccccc2)S(=O)(=O)c2ccc(C)cc2)cc1. The average molecular weight is 408 g/mol. The van der Waals surface area contributed by atoms with E-state index in [4.69, 9.17) is 4.74 Å². The molecule has 0 N–H and O–H groups in total. The summed E-state index contributed by atoms with van der Waals surface area (Å²) in [7, 11) is -2.03. The molecule has 0 aliphatic rings. The maximum absolute atomic E-state index is 13.3. The topological polar surface area (TPSA) is 46.6 Å². The minimum atomic E-state index is -3.64.